The van der Waals surface area contributed by atoms with E-state index in [-0.39, 0.29) is 12.1 Å². The summed E-state index contributed by atoms with van der Waals surface area (Å²) in [5.74, 6) is 0. The van der Waals surface area contributed by atoms with E-state index in [0.717, 1.165) is 25.8 Å². The molecule has 0 radical (unpaired) electrons. The van der Waals surface area contributed by atoms with Crippen LogP contribution in [0.4, 0.5) is 0 Å². The van der Waals surface area contributed by atoms with Gasteiger partial charge in [-0.15, -0.1) is 0 Å². The van der Waals surface area contributed by atoms with Gasteiger partial charge in [-0.2, -0.15) is 17.0 Å². The Bertz CT molecular complexity index is 427. The second-order valence-corrected chi connectivity index (χ2v) is 8.20. The Morgan fingerprint density at radius 2 is 2.00 bits per heavy atom. The normalized spacial score (nSPS) is 29.9. The fraction of sp³-hybridized carbons (Fsp3) is 1.00. The Morgan fingerprint density at radius 1 is 1.24 bits per heavy atom. The van der Waals surface area contributed by atoms with Crippen LogP contribution in [0.2, 0.25) is 0 Å². The first-order valence-electron chi connectivity index (χ1n) is 8.02. The van der Waals surface area contributed by atoms with Gasteiger partial charge in [0.05, 0.1) is 13.2 Å². The Hall–Kier alpha value is -0.210. The van der Waals surface area contributed by atoms with Crippen LogP contribution in [0.3, 0.4) is 0 Å². The van der Waals surface area contributed by atoms with Crippen LogP contribution >= 0.6 is 0 Å². The van der Waals surface area contributed by atoms with Crippen molar-refractivity contribution in [1.29, 1.82) is 0 Å². The summed E-state index contributed by atoms with van der Waals surface area (Å²) in [5.41, 5.74) is 0. The van der Waals surface area contributed by atoms with Crippen molar-refractivity contribution in [3.63, 3.8) is 0 Å². The lowest BCUT2D eigenvalue weighted by atomic mass is 10.0. The lowest BCUT2D eigenvalue weighted by Gasteiger charge is -2.41. The summed E-state index contributed by atoms with van der Waals surface area (Å²) in [6.07, 6.45) is 3.00. The molecule has 2 unspecified atom stereocenters. The Morgan fingerprint density at radius 3 is 2.67 bits per heavy atom. The van der Waals surface area contributed by atoms with Gasteiger partial charge in [0.15, 0.2) is 0 Å². The number of hydrogen-bond donors (Lipinski definition) is 1. The maximum atomic E-state index is 13.0. The van der Waals surface area contributed by atoms with Crippen LogP contribution in [0.25, 0.3) is 0 Å². The maximum absolute atomic E-state index is 13.0. The number of hydrogen-bond acceptors (Lipinski definition) is 4. The van der Waals surface area contributed by atoms with E-state index < -0.39 is 10.2 Å². The zero-order valence-corrected chi connectivity index (χ0v) is 14.2. The van der Waals surface area contributed by atoms with Gasteiger partial charge < -0.3 is 10.1 Å². The lowest BCUT2D eigenvalue weighted by Crippen LogP contribution is -2.58. The molecule has 0 aliphatic carbocycles. The predicted molar refractivity (Wildman–Crippen MR) is 83.4 cm³/mol. The van der Waals surface area contributed by atoms with Crippen molar-refractivity contribution in [2.45, 2.75) is 58.2 Å². The molecule has 0 saturated carbocycles. The molecule has 2 aliphatic rings. The highest BCUT2D eigenvalue weighted by Gasteiger charge is 2.39. The van der Waals surface area contributed by atoms with Crippen LogP contribution in [0.15, 0.2) is 0 Å². The first-order chi connectivity index (χ1) is 9.93. The van der Waals surface area contributed by atoms with Crippen LogP contribution in [0, 0.1) is 0 Å². The molecule has 2 aliphatic heterocycles. The minimum absolute atomic E-state index is 0.0706. The summed E-state index contributed by atoms with van der Waals surface area (Å²) in [6.45, 7) is 8.91. The molecule has 0 spiro atoms. The van der Waals surface area contributed by atoms with Gasteiger partial charge in [-0.3, -0.25) is 0 Å². The number of rotatable bonds is 5. The third-order valence-corrected chi connectivity index (χ3v) is 6.44. The Kier molecular flexibility index (Phi) is 6.02. The van der Waals surface area contributed by atoms with E-state index in [1.165, 1.54) is 0 Å². The molecule has 0 aromatic carbocycles. The van der Waals surface area contributed by atoms with Gasteiger partial charge in [0.1, 0.15) is 0 Å². The number of piperidine rings is 1. The highest BCUT2D eigenvalue weighted by atomic mass is 32.2. The van der Waals surface area contributed by atoms with E-state index in [2.05, 4.69) is 19.2 Å². The van der Waals surface area contributed by atoms with Crippen molar-refractivity contribution < 1.29 is 13.2 Å². The smallest absolute Gasteiger partial charge is 0.282 e. The van der Waals surface area contributed by atoms with Crippen molar-refractivity contribution in [2.24, 2.45) is 0 Å². The molecule has 2 saturated heterocycles. The molecule has 0 aromatic rings. The summed E-state index contributed by atoms with van der Waals surface area (Å²) in [7, 11) is -3.38. The van der Waals surface area contributed by atoms with Crippen molar-refractivity contribution in [2.75, 3.05) is 32.8 Å². The number of nitrogens with zero attached hydrogens (tertiary/aromatic N) is 2. The van der Waals surface area contributed by atoms with E-state index in [1.807, 2.05) is 6.92 Å². The van der Waals surface area contributed by atoms with Gasteiger partial charge in [0, 0.05) is 37.8 Å². The molecule has 6 nitrogen and oxygen atoms in total. The minimum atomic E-state index is -3.38. The van der Waals surface area contributed by atoms with Crippen molar-refractivity contribution in [1.82, 2.24) is 13.9 Å². The summed E-state index contributed by atoms with van der Waals surface area (Å²) in [5, 5.41) is 3.38. The third-order valence-electron chi connectivity index (χ3n) is 4.23. The van der Waals surface area contributed by atoms with Gasteiger partial charge in [-0.25, -0.2) is 0 Å². The van der Waals surface area contributed by atoms with Crippen molar-refractivity contribution >= 4 is 10.2 Å². The average molecular weight is 319 g/mol. The summed E-state index contributed by atoms with van der Waals surface area (Å²) in [6, 6.07) is 0.365. The SMILES string of the molecule is CC(C)NCC1CCCCN1S(=O)(=O)N1CCOCC1C. The van der Waals surface area contributed by atoms with Crippen LogP contribution in [0.1, 0.15) is 40.0 Å². The summed E-state index contributed by atoms with van der Waals surface area (Å²) < 4.78 is 34.6. The molecular weight excluding hydrogens is 290 g/mol. The van der Waals surface area contributed by atoms with Crippen LogP contribution < -0.4 is 5.32 Å². The van der Waals surface area contributed by atoms with E-state index in [9.17, 15) is 8.42 Å². The molecule has 2 heterocycles. The molecule has 0 amide bonds. The Labute approximate surface area is 129 Å². The van der Waals surface area contributed by atoms with Gasteiger partial charge in [0.2, 0.25) is 0 Å². The topological polar surface area (TPSA) is 61.9 Å². The molecule has 7 heteroatoms. The predicted octanol–water partition coefficient (Wildman–Crippen LogP) is 0.804. The van der Waals surface area contributed by atoms with Gasteiger partial charge in [-0.1, -0.05) is 20.3 Å². The van der Waals surface area contributed by atoms with E-state index in [0.29, 0.717) is 32.3 Å². The van der Waals surface area contributed by atoms with Crippen LogP contribution in [-0.4, -0.2) is 68.0 Å². The van der Waals surface area contributed by atoms with E-state index in [4.69, 9.17) is 4.74 Å². The van der Waals surface area contributed by atoms with Gasteiger partial charge >= 0.3 is 0 Å². The number of nitrogens with one attached hydrogen (secondary N) is 1. The van der Waals surface area contributed by atoms with E-state index >= 15 is 0 Å². The monoisotopic (exact) mass is 319 g/mol. The highest BCUT2D eigenvalue weighted by molar-refractivity contribution is 7.86. The van der Waals surface area contributed by atoms with Gasteiger partial charge in [0.25, 0.3) is 10.2 Å². The molecule has 124 valence electrons. The molecule has 2 fully saturated rings. The maximum Gasteiger partial charge on any atom is 0.282 e. The zero-order valence-electron chi connectivity index (χ0n) is 13.4. The molecule has 2 atom stereocenters. The molecule has 0 bridgehead atoms. The largest absolute Gasteiger partial charge is 0.378 e. The summed E-state index contributed by atoms with van der Waals surface area (Å²) in [4.78, 5) is 0. The second kappa shape index (κ2) is 7.37. The van der Waals surface area contributed by atoms with Crippen LogP contribution in [0.5, 0.6) is 0 Å². The van der Waals surface area contributed by atoms with E-state index in [1.54, 1.807) is 8.61 Å². The highest BCUT2D eigenvalue weighted by Crippen LogP contribution is 2.24. The van der Waals surface area contributed by atoms with Crippen molar-refractivity contribution in [3.8, 4) is 0 Å². The first-order valence-corrected chi connectivity index (χ1v) is 9.42. The fourth-order valence-corrected chi connectivity index (χ4v) is 5.05. The Balaban J connectivity index is 2.11. The number of ether oxygens (including phenoxy) is 1. The quantitative estimate of drug-likeness (QED) is 0.814. The number of morpholine rings is 1. The second-order valence-electron chi connectivity index (χ2n) is 6.37. The standard InChI is InChI=1S/C14H29N3O3S/c1-12(2)15-10-14-6-4-5-7-17(14)21(18,19)16-8-9-20-11-13(16)3/h12-15H,4-11H2,1-3H3. The average Bonchev–Trinajstić information content (AvgIpc) is 2.45. The lowest BCUT2D eigenvalue weighted by molar-refractivity contribution is 0.0347. The summed E-state index contributed by atoms with van der Waals surface area (Å²) >= 11 is 0. The molecule has 2 rings (SSSR count). The molecule has 1 N–H and O–H groups in total. The van der Waals surface area contributed by atoms with Crippen LogP contribution in [-0.2, 0) is 14.9 Å². The molecule has 0 aromatic heterocycles. The third kappa shape index (κ3) is 4.16. The molecular formula is C14H29N3O3S. The minimum Gasteiger partial charge on any atom is -0.378 e. The molecule has 21 heavy (non-hydrogen) atoms. The van der Waals surface area contributed by atoms with Crippen molar-refractivity contribution in [3.05, 3.63) is 0 Å². The van der Waals surface area contributed by atoms with Gasteiger partial charge in [-0.05, 0) is 19.8 Å². The first kappa shape index (κ1) is 17.1. The zero-order chi connectivity index (χ0) is 15.5. The fourth-order valence-electron chi connectivity index (χ4n) is 3.04.